The Morgan fingerprint density at radius 3 is 1.95 bits per heavy atom. The summed E-state index contributed by atoms with van der Waals surface area (Å²) in [4.78, 5) is 4.72. The average molecular weight is 891 g/mol. The molecular formula is C56H40N4OPd+2. The van der Waals surface area contributed by atoms with Crippen molar-refractivity contribution in [3.8, 4) is 39.6 Å². The molecule has 5 nitrogen and oxygen atoms in total. The number of nitrogens with zero attached hydrogens (tertiary/aromatic N) is 4. The minimum absolute atomic E-state index is 0. The van der Waals surface area contributed by atoms with Gasteiger partial charge in [-0.1, -0.05) is 152 Å². The molecule has 1 aliphatic rings. The van der Waals surface area contributed by atoms with E-state index >= 15 is 0 Å². The van der Waals surface area contributed by atoms with Crippen molar-refractivity contribution in [2.24, 2.45) is 0 Å². The zero-order valence-corrected chi connectivity index (χ0v) is 36.0. The maximum Gasteiger partial charge on any atom is 2.00 e. The van der Waals surface area contributed by atoms with Gasteiger partial charge in [0.1, 0.15) is 11.5 Å². The number of rotatable bonds is 7. The summed E-state index contributed by atoms with van der Waals surface area (Å²) in [5.74, 6) is 2.01. The Labute approximate surface area is 374 Å². The third kappa shape index (κ3) is 6.76. The van der Waals surface area contributed by atoms with E-state index < -0.39 is 0 Å². The van der Waals surface area contributed by atoms with Crippen LogP contribution in [-0.2, 0) is 25.8 Å². The number of aromatic nitrogens is 2. The number of ether oxygens (including phenoxy) is 1. The molecule has 0 bridgehead atoms. The van der Waals surface area contributed by atoms with Gasteiger partial charge in [0.05, 0.1) is 16.5 Å². The fourth-order valence-electron chi connectivity index (χ4n) is 8.61. The standard InChI is InChI=1S/C56H40N4O.Pd/c1-56(2,3)41-33-42(35-44(34-41)61-43-29-30-49-48-23-12-13-26-50(48)60(52(49)36-43)53-27-14-15-32-57-53)58-37-59(55-47-22-11-10-21-40(47)28-31-51(55)58)54-45(38-17-6-4-7-18-38)24-16-25-46(54)39-19-8-5-9-20-39;/h4-34H,1-3H3;/q;+2. The van der Waals surface area contributed by atoms with E-state index in [1.807, 2.05) is 30.5 Å². The van der Waals surface area contributed by atoms with Crippen LogP contribution in [0.4, 0.5) is 22.7 Å². The summed E-state index contributed by atoms with van der Waals surface area (Å²) in [6.45, 7) is 6.69. The second kappa shape index (κ2) is 15.7. The first kappa shape index (κ1) is 39.0. The molecule has 1 aliphatic heterocycles. The Bertz CT molecular complexity index is 3340. The number of pyridine rings is 1. The summed E-state index contributed by atoms with van der Waals surface area (Å²) in [6.07, 6.45) is 1.82. The first-order valence-electron chi connectivity index (χ1n) is 20.6. The SMILES string of the molecule is CC(C)(C)c1cc(Oc2[c-]c3c(cc2)c2ccccc2n3-c2ccccn2)[c-]c([N+]2=C=[N+](c3c(-c4ccccc4)cccc3-c3ccccc3)c3c2ccc2ccccc32)c1.[Pd+2]. The molecule has 298 valence electrons. The van der Waals surface area contributed by atoms with Crippen molar-refractivity contribution >= 4 is 61.3 Å². The first-order chi connectivity index (χ1) is 29.9. The second-order valence-corrected chi connectivity index (χ2v) is 16.5. The summed E-state index contributed by atoms with van der Waals surface area (Å²) >= 11 is 0. The summed E-state index contributed by atoms with van der Waals surface area (Å²) < 4.78 is 13.4. The molecule has 8 aromatic carbocycles. The molecular weight excluding hydrogens is 851 g/mol. The third-order valence-electron chi connectivity index (χ3n) is 11.6. The third-order valence-corrected chi connectivity index (χ3v) is 11.6. The van der Waals surface area contributed by atoms with Gasteiger partial charge in [-0.15, -0.1) is 29.1 Å². The molecule has 0 saturated carbocycles. The van der Waals surface area contributed by atoms with E-state index in [-0.39, 0.29) is 25.8 Å². The number of benzene rings is 8. The van der Waals surface area contributed by atoms with E-state index in [9.17, 15) is 0 Å². The molecule has 11 rings (SSSR count). The summed E-state index contributed by atoms with van der Waals surface area (Å²) in [7, 11) is 0. The van der Waals surface area contributed by atoms with E-state index in [2.05, 4.69) is 210 Å². The maximum atomic E-state index is 6.82. The molecule has 3 heterocycles. The van der Waals surface area contributed by atoms with Crippen molar-refractivity contribution < 1.29 is 25.2 Å². The van der Waals surface area contributed by atoms with Crippen LogP contribution in [0.2, 0.25) is 0 Å². The van der Waals surface area contributed by atoms with Gasteiger partial charge in [0, 0.05) is 29.3 Å². The van der Waals surface area contributed by atoms with Gasteiger partial charge in [-0.2, -0.15) is 6.07 Å². The van der Waals surface area contributed by atoms with Gasteiger partial charge >= 0.3 is 32.1 Å². The minimum atomic E-state index is -0.201. The number of fused-ring (bicyclic) bond motifs is 6. The molecule has 0 spiro atoms. The van der Waals surface area contributed by atoms with Gasteiger partial charge in [0.15, 0.2) is 0 Å². The molecule has 6 heteroatoms. The van der Waals surface area contributed by atoms with Crippen LogP contribution in [0.1, 0.15) is 26.3 Å². The number of hydrogen-bond acceptors (Lipinski definition) is 2. The second-order valence-electron chi connectivity index (χ2n) is 16.5. The smallest absolute Gasteiger partial charge is 0.509 e. The number of para-hydroxylation sites is 2. The zero-order chi connectivity index (χ0) is 41.1. The van der Waals surface area contributed by atoms with Gasteiger partial charge in [-0.25, -0.2) is 4.98 Å². The van der Waals surface area contributed by atoms with Crippen molar-refractivity contribution in [1.29, 1.82) is 0 Å². The van der Waals surface area contributed by atoms with Gasteiger partial charge in [-0.05, 0) is 74.4 Å². The largest absolute Gasteiger partial charge is 2.00 e. The van der Waals surface area contributed by atoms with Crippen LogP contribution in [0.5, 0.6) is 11.5 Å². The molecule has 0 radical (unpaired) electrons. The molecule has 0 saturated heterocycles. The Balaban J connectivity index is 0.00000458. The molecule has 0 fully saturated rings. The van der Waals surface area contributed by atoms with E-state index in [1.165, 1.54) is 0 Å². The van der Waals surface area contributed by atoms with Crippen LogP contribution in [0.25, 0.3) is 60.6 Å². The molecule has 0 amide bonds. The van der Waals surface area contributed by atoms with Crippen LogP contribution in [0.15, 0.2) is 188 Å². The van der Waals surface area contributed by atoms with Crippen molar-refractivity contribution in [2.45, 2.75) is 26.2 Å². The van der Waals surface area contributed by atoms with Crippen LogP contribution >= 0.6 is 0 Å². The molecule has 0 N–H and O–H groups in total. The fourth-order valence-corrected chi connectivity index (χ4v) is 8.61. The Morgan fingerprint density at radius 1 is 0.565 bits per heavy atom. The molecule has 10 aromatic rings. The summed E-state index contributed by atoms with van der Waals surface area (Å²) in [5.41, 5.74) is 11.3. The predicted octanol–water partition coefficient (Wildman–Crippen LogP) is 14.2. The molecule has 0 aliphatic carbocycles. The van der Waals surface area contributed by atoms with Gasteiger partial charge in [0.2, 0.25) is 5.69 Å². The zero-order valence-electron chi connectivity index (χ0n) is 34.4. The van der Waals surface area contributed by atoms with Crippen LogP contribution in [0.3, 0.4) is 0 Å². The van der Waals surface area contributed by atoms with Crippen LogP contribution in [0, 0.1) is 12.1 Å². The summed E-state index contributed by atoms with van der Waals surface area (Å²) in [6, 6.07) is 74.9. The number of hydrogen-bond donors (Lipinski definition) is 0. The molecule has 0 atom stereocenters. The van der Waals surface area contributed by atoms with Crippen molar-refractivity contribution in [1.82, 2.24) is 18.7 Å². The van der Waals surface area contributed by atoms with E-state index in [4.69, 9.17) is 9.72 Å². The van der Waals surface area contributed by atoms with Crippen molar-refractivity contribution in [2.75, 3.05) is 0 Å². The van der Waals surface area contributed by atoms with E-state index in [1.54, 1.807) is 0 Å². The topological polar surface area (TPSA) is 33.1 Å². The monoisotopic (exact) mass is 890 g/mol. The van der Waals surface area contributed by atoms with Crippen molar-refractivity contribution in [3.63, 3.8) is 0 Å². The first-order valence-corrected chi connectivity index (χ1v) is 20.6. The predicted molar refractivity (Wildman–Crippen MR) is 251 cm³/mol. The Morgan fingerprint density at radius 2 is 1.24 bits per heavy atom. The van der Waals surface area contributed by atoms with E-state index in [0.29, 0.717) is 11.5 Å². The summed E-state index contributed by atoms with van der Waals surface area (Å²) in [5, 5.41) is 4.50. The van der Waals surface area contributed by atoms with Crippen LogP contribution in [-0.4, -0.2) is 15.6 Å². The Kier molecular flexibility index (Phi) is 9.86. The maximum absolute atomic E-state index is 6.82. The molecule has 0 unspecified atom stereocenters. The van der Waals surface area contributed by atoms with Gasteiger partial charge in [0.25, 0.3) is 5.69 Å². The minimum Gasteiger partial charge on any atom is -0.509 e. The normalized spacial score (nSPS) is 12.2. The fraction of sp³-hybridized carbons (Fsp3) is 0.0714. The van der Waals surface area contributed by atoms with Crippen molar-refractivity contribution in [3.05, 3.63) is 206 Å². The van der Waals surface area contributed by atoms with E-state index in [0.717, 1.165) is 89.0 Å². The quantitative estimate of drug-likeness (QED) is 0.0907. The van der Waals surface area contributed by atoms with Crippen LogP contribution < -0.4 is 13.9 Å². The molecule has 62 heavy (non-hydrogen) atoms. The van der Waals surface area contributed by atoms with Gasteiger partial charge < -0.3 is 9.30 Å². The molecule has 2 aromatic heterocycles. The van der Waals surface area contributed by atoms with Gasteiger partial charge in [-0.3, -0.25) is 0 Å². The average Bonchev–Trinajstić information content (AvgIpc) is 3.85. The Hall–Kier alpha value is -7.19.